The molecule has 1 rings (SSSR count). The van der Waals surface area contributed by atoms with E-state index < -0.39 is 0 Å². The molecule has 1 heterocycles. The van der Waals surface area contributed by atoms with Crippen LogP contribution in [0.15, 0.2) is 0 Å². The molecule has 0 aromatic rings. The van der Waals surface area contributed by atoms with Gasteiger partial charge in [-0.15, -0.1) is 0 Å². The zero-order valence-corrected chi connectivity index (χ0v) is 8.63. The van der Waals surface area contributed by atoms with Crippen LogP contribution in [0.25, 0.3) is 0 Å². The first-order chi connectivity index (χ1) is 6.38. The smallest absolute Gasteiger partial charge is 0.0431 e. The van der Waals surface area contributed by atoms with E-state index in [0.29, 0.717) is 6.61 Å². The summed E-state index contributed by atoms with van der Waals surface area (Å²) in [6.45, 7) is 7.23. The van der Waals surface area contributed by atoms with Crippen molar-refractivity contribution < 1.29 is 5.11 Å². The van der Waals surface area contributed by atoms with Gasteiger partial charge in [0.05, 0.1) is 0 Å². The van der Waals surface area contributed by atoms with Crippen molar-refractivity contribution in [2.45, 2.75) is 32.2 Å². The molecular weight excluding hydrogens is 164 g/mol. The average molecular weight is 186 g/mol. The van der Waals surface area contributed by atoms with Crippen LogP contribution in [0.1, 0.15) is 26.2 Å². The van der Waals surface area contributed by atoms with Gasteiger partial charge < -0.3 is 10.4 Å². The van der Waals surface area contributed by atoms with E-state index in [9.17, 15) is 0 Å². The normalized spacial score (nSPS) is 17.8. The third-order valence-corrected chi connectivity index (χ3v) is 2.64. The summed E-state index contributed by atoms with van der Waals surface area (Å²) in [5, 5.41) is 12.0. The van der Waals surface area contributed by atoms with Crippen molar-refractivity contribution >= 4 is 0 Å². The summed E-state index contributed by atoms with van der Waals surface area (Å²) in [5.74, 6) is 0. The van der Waals surface area contributed by atoms with Crippen molar-refractivity contribution in [1.29, 1.82) is 0 Å². The third-order valence-electron chi connectivity index (χ3n) is 2.64. The molecule has 1 aliphatic heterocycles. The first-order valence-corrected chi connectivity index (χ1v) is 5.44. The Hall–Kier alpha value is -0.120. The predicted molar refractivity (Wildman–Crippen MR) is 54.8 cm³/mol. The molecule has 0 spiro atoms. The fourth-order valence-electron chi connectivity index (χ4n) is 1.72. The van der Waals surface area contributed by atoms with E-state index in [-0.39, 0.29) is 0 Å². The van der Waals surface area contributed by atoms with Crippen LogP contribution in [0, 0.1) is 0 Å². The van der Waals surface area contributed by atoms with Crippen LogP contribution in [0.3, 0.4) is 0 Å². The summed E-state index contributed by atoms with van der Waals surface area (Å²) in [4.78, 5) is 2.55. The van der Waals surface area contributed by atoms with Gasteiger partial charge in [-0.1, -0.05) is 6.92 Å². The first-order valence-electron chi connectivity index (χ1n) is 5.44. The molecule has 13 heavy (non-hydrogen) atoms. The van der Waals surface area contributed by atoms with Crippen molar-refractivity contribution in [3.63, 3.8) is 0 Å². The van der Waals surface area contributed by atoms with Crippen LogP contribution < -0.4 is 5.32 Å². The Morgan fingerprint density at radius 1 is 1.31 bits per heavy atom. The number of nitrogens with one attached hydrogen (secondary N) is 1. The number of aliphatic hydroxyl groups is 1. The molecule has 2 N–H and O–H groups in total. The Kier molecular flexibility index (Phi) is 5.35. The molecule has 0 atom stereocenters. The van der Waals surface area contributed by atoms with E-state index >= 15 is 0 Å². The van der Waals surface area contributed by atoms with Crippen LogP contribution in [-0.4, -0.2) is 48.8 Å². The van der Waals surface area contributed by atoms with Crippen molar-refractivity contribution in [3.8, 4) is 0 Å². The SMILES string of the molecule is CCCN(CCCCO)C1CNC1. The fraction of sp³-hybridized carbons (Fsp3) is 1.00. The van der Waals surface area contributed by atoms with Crippen molar-refractivity contribution in [1.82, 2.24) is 10.2 Å². The van der Waals surface area contributed by atoms with E-state index in [1.165, 1.54) is 13.0 Å². The van der Waals surface area contributed by atoms with Gasteiger partial charge in [-0.2, -0.15) is 0 Å². The summed E-state index contributed by atoms with van der Waals surface area (Å²) < 4.78 is 0. The van der Waals surface area contributed by atoms with Crippen LogP contribution in [-0.2, 0) is 0 Å². The monoisotopic (exact) mass is 186 g/mol. The van der Waals surface area contributed by atoms with Gasteiger partial charge in [-0.05, 0) is 32.4 Å². The highest BCUT2D eigenvalue weighted by Crippen LogP contribution is 2.07. The third kappa shape index (κ3) is 3.63. The number of rotatable bonds is 7. The Morgan fingerprint density at radius 2 is 2.08 bits per heavy atom. The van der Waals surface area contributed by atoms with E-state index in [4.69, 9.17) is 5.11 Å². The summed E-state index contributed by atoms with van der Waals surface area (Å²) in [5.41, 5.74) is 0. The van der Waals surface area contributed by atoms with Crippen molar-refractivity contribution in [3.05, 3.63) is 0 Å². The quantitative estimate of drug-likeness (QED) is 0.566. The lowest BCUT2D eigenvalue weighted by Gasteiger charge is -2.38. The van der Waals surface area contributed by atoms with Gasteiger partial charge >= 0.3 is 0 Å². The molecule has 1 fully saturated rings. The molecule has 3 heteroatoms. The second-order valence-corrected chi connectivity index (χ2v) is 3.78. The Morgan fingerprint density at radius 3 is 2.54 bits per heavy atom. The molecule has 0 unspecified atom stereocenters. The lowest BCUT2D eigenvalue weighted by molar-refractivity contribution is 0.139. The van der Waals surface area contributed by atoms with E-state index in [1.807, 2.05) is 0 Å². The fourth-order valence-corrected chi connectivity index (χ4v) is 1.72. The summed E-state index contributed by atoms with van der Waals surface area (Å²) in [7, 11) is 0. The van der Waals surface area contributed by atoms with Gasteiger partial charge in [0, 0.05) is 25.7 Å². The molecule has 0 saturated carbocycles. The lowest BCUT2D eigenvalue weighted by atomic mass is 10.1. The lowest BCUT2D eigenvalue weighted by Crippen LogP contribution is -2.57. The van der Waals surface area contributed by atoms with Crippen molar-refractivity contribution in [2.75, 3.05) is 32.8 Å². The van der Waals surface area contributed by atoms with Gasteiger partial charge in [0.1, 0.15) is 0 Å². The molecule has 1 saturated heterocycles. The highest BCUT2D eigenvalue weighted by Gasteiger charge is 2.22. The first kappa shape index (κ1) is 11.0. The minimum Gasteiger partial charge on any atom is -0.396 e. The van der Waals surface area contributed by atoms with Crippen LogP contribution >= 0.6 is 0 Å². The molecule has 0 aliphatic carbocycles. The van der Waals surface area contributed by atoms with Crippen LogP contribution in [0.5, 0.6) is 0 Å². The molecule has 0 aromatic heterocycles. The van der Waals surface area contributed by atoms with Gasteiger partial charge in [-0.3, -0.25) is 4.90 Å². The highest BCUT2D eigenvalue weighted by atomic mass is 16.2. The highest BCUT2D eigenvalue weighted by molar-refractivity contribution is 4.84. The largest absolute Gasteiger partial charge is 0.396 e. The predicted octanol–water partition coefficient (Wildman–Crippen LogP) is 0.443. The molecule has 78 valence electrons. The maximum absolute atomic E-state index is 8.69. The standard InChI is InChI=1S/C10H22N2O/c1-2-5-12(6-3-4-7-13)10-8-11-9-10/h10-11,13H,2-9H2,1H3. The molecule has 0 amide bonds. The van der Waals surface area contributed by atoms with Gasteiger partial charge in [-0.25, -0.2) is 0 Å². The second-order valence-electron chi connectivity index (χ2n) is 3.78. The maximum Gasteiger partial charge on any atom is 0.0431 e. The molecule has 0 aromatic carbocycles. The topological polar surface area (TPSA) is 35.5 Å². The molecule has 1 aliphatic rings. The molecular formula is C10H22N2O. The van der Waals surface area contributed by atoms with E-state index in [0.717, 1.165) is 38.5 Å². The van der Waals surface area contributed by atoms with Gasteiger partial charge in [0.15, 0.2) is 0 Å². The second kappa shape index (κ2) is 6.35. The Labute approximate surface area is 81.1 Å². The average Bonchev–Trinajstić information content (AvgIpc) is 2.02. The summed E-state index contributed by atoms with van der Waals surface area (Å²) in [6, 6.07) is 0.763. The molecule has 0 bridgehead atoms. The molecule has 0 radical (unpaired) electrons. The summed E-state index contributed by atoms with van der Waals surface area (Å²) in [6.07, 6.45) is 3.31. The Balaban J connectivity index is 2.12. The molecule has 3 nitrogen and oxygen atoms in total. The van der Waals surface area contributed by atoms with Crippen LogP contribution in [0.4, 0.5) is 0 Å². The number of aliphatic hydroxyl groups excluding tert-OH is 1. The van der Waals surface area contributed by atoms with Crippen molar-refractivity contribution in [2.24, 2.45) is 0 Å². The number of hydrogen-bond donors (Lipinski definition) is 2. The minimum atomic E-state index is 0.336. The van der Waals surface area contributed by atoms with Crippen LogP contribution in [0.2, 0.25) is 0 Å². The Bertz CT molecular complexity index is 126. The maximum atomic E-state index is 8.69. The van der Waals surface area contributed by atoms with E-state index in [2.05, 4.69) is 17.1 Å². The number of unbranched alkanes of at least 4 members (excludes halogenated alkanes) is 1. The zero-order valence-electron chi connectivity index (χ0n) is 8.63. The van der Waals surface area contributed by atoms with Gasteiger partial charge in [0.2, 0.25) is 0 Å². The van der Waals surface area contributed by atoms with Gasteiger partial charge in [0.25, 0.3) is 0 Å². The zero-order chi connectivity index (χ0) is 9.52. The van der Waals surface area contributed by atoms with E-state index in [1.54, 1.807) is 0 Å². The number of hydrogen-bond acceptors (Lipinski definition) is 3. The number of nitrogens with zero attached hydrogens (tertiary/aromatic N) is 1. The summed E-state index contributed by atoms with van der Waals surface area (Å²) >= 11 is 0. The minimum absolute atomic E-state index is 0.336.